The second-order valence-corrected chi connectivity index (χ2v) is 3.75. The summed E-state index contributed by atoms with van der Waals surface area (Å²) in [7, 11) is 0. The van der Waals surface area contributed by atoms with Crippen molar-refractivity contribution in [1.82, 2.24) is 10.1 Å². The van der Waals surface area contributed by atoms with Gasteiger partial charge in [0.2, 0.25) is 5.82 Å². The van der Waals surface area contributed by atoms with Crippen LogP contribution in [0.3, 0.4) is 0 Å². The summed E-state index contributed by atoms with van der Waals surface area (Å²) >= 11 is 0. The highest BCUT2D eigenvalue weighted by Crippen LogP contribution is 2.34. The number of hydrogen-bond donors (Lipinski definition) is 1. The van der Waals surface area contributed by atoms with E-state index in [1.807, 2.05) is 0 Å². The van der Waals surface area contributed by atoms with Crippen LogP contribution in [0.1, 0.15) is 11.5 Å². The molecule has 0 bridgehead atoms. The Morgan fingerprint density at radius 1 is 1.20 bits per heavy atom. The topological polar surface area (TPSA) is 64.9 Å². The molecule has 0 radical (unpaired) electrons. The van der Waals surface area contributed by atoms with E-state index in [0.29, 0.717) is 12.1 Å². The Morgan fingerprint density at radius 2 is 1.80 bits per heavy atom. The number of nitrogens with two attached hydrogens (primary N) is 1. The lowest BCUT2D eigenvalue weighted by Crippen LogP contribution is -2.23. The van der Waals surface area contributed by atoms with E-state index >= 15 is 0 Å². The first-order valence-electron chi connectivity index (χ1n) is 5.24. The maximum Gasteiger partial charge on any atom is 0.383 e. The molecular weight excluding hydrogens is 302 g/mol. The molecule has 0 saturated heterocycles. The van der Waals surface area contributed by atoms with Crippen molar-refractivity contribution in [3.05, 3.63) is 35.7 Å². The molecule has 0 spiro atoms. The molecule has 0 fully saturated rings. The monoisotopic (exact) mass is 311 g/mol. The molecule has 20 heavy (non-hydrogen) atoms. The van der Waals surface area contributed by atoms with Crippen LogP contribution in [0.25, 0.3) is 11.4 Å². The first-order valence-corrected chi connectivity index (χ1v) is 5.24. The SMILES string of the molecule is Cl.NCc1ccc(-c2noc(C(F)(F)C(F)F)n2)cc1. The summed E-state index contributed by atoms with van der Waals surface area (Å²) in [4.78, 5) is 3.29. The number of benzene rings is 1. The van der Waals surface area contributed by atoms with Crippen LogP contribution in [0, 0.1) is 0 Å². The van der Waals surface area contributed by atoms with Crippen molar-refractivity contribution in [3.63, 3.8) is 0 Å². The van der Waals surface area contributed by atoms with Gasteiger partial charge in [-0.05, 0) is 5.56 Å². The highest BCUT2D eigenvalue weighted by Gasteiger charge is 2.48. The van der Waals surface area contributed by atoms with Gasteiger partial charge in [-0.15, -0.1) is 12.4 Å². The quantitative estimate of drug-likeness (QED) is 0.882. The van der Waals surface area contributed by atoms with E-state index in [9.17, 15) is 17.6 Å². The Balaban J connectivity index is 0.00000200. The summed E-state index contributed by atoms with van der Waals surface area (Å²) in [5, 5.41) is 3.26. The van der Waals surface area contributed by atoms with Crippen molar-refractivity contribution in [2.24, 2.45) is 5.73 Å². The van der Waals surface area contributed by atoms with Crippen LogP contribution in [-0.4, -0.2) is 16.6 Å². The third-order valence-corrected chi connectivity index (χ3v) is 2.43. The van der Waals surface area contributed by atoms with Crippen LogP contribution in [-0.2, 0) is 12.5 Å². The lowest BCUT2D eigenvalue weighted by molar-refractivity contribution is -0.152. The van der Waals surface area contributed by atoms with E-state index in [1.165, 1.54) is 12.1 Å². The molecule has 0 atom stereocenters. The van der Waals surface area contributed by atoms with Crippen LogP contribution in [0.4, 0.5) is 17.6 Å². The maximum absolute atomic E-state index is 13.0. The number of aromatic nitrogens is 2. The van der Waals surface area contributed by atoms with Crippen LogP contribution in [0.2, 0.25) is 0 Å². The van der Waals surface area contributed by atoms with E-state index in [2.05, 4.69) is 14.7 Å². The first-order chi connectivity index (χ1) is 8.95. The second kappa shape index (κ2) is 6.19. The van der Waals surface area contributed by atoms with Gasteiger partial charge in [0.1, 0.15) is 0 Å². The summed E-state index contributed by atoms with van der Waals surface area (Å²) in [6.45, 7) is 0.321. The molecule has 0 aliphatic carbocycles. The first kappa shape index (κ1) is 16.4. The van der Waals surface area contributed by atoms with Crippen LogP contribution < -0.4 is 5.73 Å². The Bertz CT molecular complexity index is 559. The minimum atomic E-state index is -4.46. The summed E-state index contributed by atoms with van der Waals surface area (Å²) in [5.41, 5.74) is 6.60. The minimum Gasteiger partial charge on any atom is -0.332 e. The van der Waals surface area contributed by atoms with Crippen molar-refractivity contribution in [2.45, 2.75) is 18.9 Å². The van der Waals surface area contributed by atoms with Gasteiger partial charge in [-0.25, -0.2) is 8.78 Å². The number of halogens is 5. The van der Waals surface area contributed by atoms with Crippen LogP contribution >= 0.6 is 12.4 Å². The Labute approximate surface area is 117 Å². The van der Waals surface area contributed by atoms with Crippen molar-refractivity contribution < 1.29 is 22.1 Å². The number of rotatable bonds is 4. The van der Waals surface area contributed by atoms with E-state index < -0.39 is 18.2 Å². The van der Waals surface area contributed by atoms with Crippen LogP contribution in [0.5, 0.6) is 0 Å². The van der Waals surface area contributed by atoms with Gasteiger partial charge in [0.05, 0.1) is 0 Å². The van der Waals surface area contributed by atoms with Crippen molar-refractivity contribution in [2.75, 3.05) is 0 Å². The zero-order valence-corrected chi connectivity index (χ0v) is 10.7. The molecule has 0 saturated carbocycles. The average Bonchev–Trinajstić information content (AvgIpc) is 2.89. The van der Waals surface area contributed by atoms with Gasteiger partial charge in [0.25, 0.3) is 0 Å². The summed E-state index contributed by atoms with van der Waals surface area (Å²) in [5.74, 6) is -6.04. The van der Waals surface area contributed by atoms with Crippen molar-refractivity contribution >= 4 is 12.4 Å². The zero-order chi connectivity index (χ0) is 14.0. The van der Waals surface area contributed by atoms with Gasteiger partial charge < -0.3 is 10.3 Å². The van der Waals surface area contributed by atoms with Gasteiger partial charge in [-0.2, -0.15) is 13.8 Å². The smallest absolute Gasteiger partial charge is 0.332 e. The normalized spacial score (nSPS) is 11.5. The molecule has 110 valence electrons. The predicted octanol–water partition coefficient (Wildman–Crippen LogP) is 2.97. The molecule has 1 heterocycles. The molecule has 0 unspecified atom stereocenters. The molecule has 0 aliphatic rings. The molecule has 1 aromatic carbocycles. The van der Waals surface area contributed by atoms with Gasteiger partial charge in [0, 0.05) is 12.1 Å². The predicted molar refractivity (Wildman–Crippen MR) is 64.8 cm³/mol. The molecule has 2 N–H and O–H groups in total. The third-order valence-electron chi connectivity index (χ3n) is 2.43. The number of hydrogen-bond acceptors (Lipinski definition) is 4. The number of alkyl halides is 4. The van der Waals surface area contributed by atoms with Gasteiger partial charge in [-0.1, -0.05) is 29.4 Å². The van der Waals surface area contributed by atoms with Gasteiger partial charge >= 0.3 is 18.2 Å². The third kappa shape index (κ3) is 3.07. The zero-order valence-electron chi connectivity index (χ0n) is 9.89. The van der Waals surface area contributed by atoms with Gasteiger partial charge in [-0.3, -0.25) is 0 Å². The fourth-order valence-corrected chi connectivity index (χ4v) is 1.36. The van der Waals surface area contributed by atoms with Crippen molar-refractivity contribution in [3.8, 4) is 11.4 Å². The highest BCUT2D eigenvalue weighted by atomic mass is 35.5. The van der Waals surface area contributed by atoms with Crippen molar-refractivity contribution in [1.29, 1.82) is 0 Å². The van der Waals surface area contributed by atoms with E-state index in [4.69, 9.17) is 5.73 Å². The minimum absolute atomic E-state index is 0. The largest absolute Gasteiger partial charge is 0.383 e. The standard InChI is InChI=1S/C11H9F4N3O.ClH/c12-9(13)11(14,15)10-17-8(18-19-10)7-3-1-6(5-16)2-4-7;/h1-4,9H,5,16H2;1H. The molecule has 2 rings (SSSR count). The van der Waals surface area contributed by atoms with Crippen LogP contribution in [0.15, 0.2) is 28.8 Å². The van der Waals surface area contributed by atoms with E-state index in [-0.39, 0.29) is 18.2 Å². The summed E-state index contributed by atoms with van der Waals surface area (Å²) in [6, 6.07) is 6.38. The fourth-order valence-electron chi connectivity index (χ4n) is 1.36. The molecule has 4 nitrogen and oxygen atoms in total. The molecule has 2 aromatic rings. The maximum atomic E-state index is 13.0. The van der Waals surface area contributed by atoms with E-state index in [0.717, 1.165) is 5.56 Å². The summed E-state index contributed by atoms with van der Waals surface area (Å²) < 4.78 is 54.3. The Kier molecular flexibility index (Phi) is 5.07. The average molecular weight is 312 g/mol. The Hall–Kier alpha value is -1.67. The lowest BCUT2D eigenvalue weighted by atomic mass is 10.1. The second-order valence-electron chi connectivity index (χ2n) is 3.75. The number of nitrogens with zero attached hydrogens (tertiary/aromatic N) is 2. The van der Waals surface area contributed by atoms with E-state index in [1.54, 1.807) is 12.1 Å². The fraction of sp³-hybridized carbons (Fsp3) is 0.273. The lowest BCUT2D eigenvalue weighted by Gasteiger charge is -2.08. The molecule has 0 aliphatic heterocycles. The molecular formula is C11H10ClF4N3O. The Morgan fingerprint density at radius 3 is 2.30 bits per heavy atom. The molecule has 1 aromatic heterocycles. The summed E-state index contributed by atoms with van der Waals surface area (Å²) in [6.07, 6.45) is -3.90. The highest BCUT2D eigenvalue weighted by molar-refractivity contribution is 5.85. The molecule has 9 heteroatoms. The van der Waals surface area contributed by atoms with Gasteiger partial charge in [0.15, 0.2) is 0 Å². The molecule has 0 amide bonds.